The molecule has 1 fully saturated rings. The highest BCUT2D eigenvalue weighted by Gasteiger charge is 2.30. The van der Waals surface area contributed by atoms with E-state index in [4.69, 9.17) is 9.47 Å². The number of carbonyl (C=O) groups is 1. The normalized spacial score (nSPS) is 17.1. The fraction of sp³-hybridized carbons (Fsp3) is 0.269. The first-order valence-corrected chi connectivity index (χ1v) is 11.4. The van der Waals surface area contributed by atoms with Crippen LogP contribution in [0.15, 0.2) is 48.8 Å². The second-order valence-electron chi connectivity index (χ2n) is 8.85. The van der Waals surface area contributed by atoms with Crippen LogP contribution in [0.3, 0.4) is 0 Å². The molecule has 1 saturated heterocycles. The van der Waals surface area contributed by atoms with Crippen molar-refractivity contribution in [3.63, 3.8) is 0 Å². The Morgan fingerprint density at radius 2 is 1.97 bits per heavy atom. The van der Waals surface area contributed by atoms with Crippen molar-refractivity contribution in [3.05, 3.63) is 77.2 Å². The van der Waals surface area contributed by atoms with E-state index in [-0.39, 0.29) is 30.7 Å². The maximum absolute atomic E-state index is 15.2. The van der Waals surface area contributed by atoms with Gasteiger partial charge in [-0.15, -0.1) is 0 Å². The fourth-order valence-electron chi connectivity index (χ4n) is 4.57. The second-order valence-corrected chi connectivity index (χ2v) is 8.85. The number of hydrogen-bond acceptors (Lipinski definition) is 5. The molecule has 9 heteroatoms. The summed E-state index contributed by atoms with van der Waals surface area (Å²) in [4.78, 5) is 18.2. The van der Waals surface area contributed by atoms with E-state index >= 15 is 8.78 Å². The smallest absolute Gasteiger partial charge is 0.256 e. The van der Waals surface area contributed by atoms with Crippen LogP contribution in [0, 0.1) is 11.6 Å². The Morgan fingerprint density at radius 1 is 1.17 bits per heavy atom. The lowest BCUT2D eigenvalue weighted by Gasteiger charge is -2.26. The van der Waals surface area contributed by atoms with Crippen molar-refractivity contribution < 1.29 is 23.0 Å². The lowest BCUT2D eigenvalue weighted by molar-refractivity contribution is -0.0718. The average molecular weight is 476 g/mol. The van der Waals surface area contributed by atoms with E-state index in [0.717, 1.165) is 18.4 Å². The first-order valence-electron chi connectivity index (χ1n) is 11.4. The largest absolute Gasteiger partial charge is 0.489 e. The molecule has 0 N–H and O–H groups in total. The minimum atomic E-state index is -0.712. The van der Waals surface area contributed by atoms with Gasteiger partial charge in [-0.05, 0) is 47.5 Å². The summed E-state index contributed by atoms with van der Waals surface area (Å²) in [5.74, 6) is -1.11. The van der Waals surface area contributed by atoms with E-state index in [0.29, 0.717) is 40.3 Å². The molecule has 0 radical (unpaired) electrons. The molecular formula is C26H22F2N4O3. The molecule has 6 rings (SSSR count). The molecule has 2 aliphatic rings. The van der Waals surface area contributed by atoms with Gasteiger partial charge in [-0.25, -0.2) is 8.78 Å². The molecule has 2 aromatic heterocycles. The Morgan fingerprint density at radius 3 is 2.69 bits per heavy atom. The van der Waals surface area contributed by atoms with Gasteiger partial charge >= 0.3 is 0 Å². The van der Waals surface area contributed by atoms with Crippen LogP contribution in [0.2, 0.25) is 0 Å². The first kappa shape index (κ1) is 21.7. The molecule has 0 saturated carbocycles. The van der Waals surface area contributed by atoms with E-state index in [1.54, 1.807) is 48.4 Å². The minimum Gasteiger partial charge on any atom is -0.489 e. The number of halogens is 2. The summed E-state index contributed by atoms with van der Waals surface area (Å²) in [7, 11) is 1.78. The molecule has 7 nitrogen and oxygen atoms in total. The minimum absolute atomic E-state index is 0.0789. The predicted molar refractivity (Wildman–Crippen MR) is 124 cm³/mol. The first-order chi connectivity index (χ1) is 17.0. The van der Waals surface area contributed by atoms with Crippen molar-refractivity contribution in [1.82, 2.24) is 19.7 Å². The number of pyridine rings is 1. The number of aromatic nitrogens is 3. The molecule has 35 heavy (non-hydrogen) atoms. The van der Waals surface area contributed by atoms with Crippen molar-refractivity contribution in [2.24, 2.45) is 7.05 Å². The molecule has 1 amide bonds. The molecule has 0 bridgehead atoms. The maximum Gasteiger partial charge on any atom is 0.256 e. The van der Waals surface area contributed by atoms with Crippen LogP contribution in [0.25, 0.3) is 22.0 Å². The number of amides is 1. The molecule has 0 spiro atoms. The van der Waals surface area contributed by atoms with Crippen LogP contribution in [0.1, 0.15) is 28.0 Å². The summed E-state index contributed by atoms with van der Waals surface area (Å²) >= 11 is 0. The summed E-state index contributed by atoms with van der Waals surface area (Å²) < 4.78 is 43.4. The number of carbonyl (C=O) groups excluding carboxylic acids is 1. The summed E-state index contributed by atoms with van der Waals surface area (Å²) in [5.41, 5.74) is 2.56. The number of benzene rings is 2. The van der Waals surface area contributed by atoms with Gasteiger partial charge in [-0.2, -0.15) is 5.10 Å². The Labute approximate surface area is 199 Å². The van der Waals surface area contributed by atoms with E-state index in [2.05, 4.69) is 10.1 Å². The molecule has 1 unspecified atom stereocenters. The lowest BCUT2D eigenvalue weighted by Crippen LogP contribution is -2.32. The second kappa shape index (κ2) is 8.42. The highest BCUT2D eigenvalue weighted by Crippen LogP contribution is 2.36. The summed E-state index contributed by atoms with van der Waals surface area (Å²) in [6.07, 6.45) is 4.44. The van der Waals surface area contributed by atoms with Crippen LogP contribution in [0.5, 0.6) is 5.75 Å². The van der Waals surface area contributed by atoms with E-state index in [9.17, 15) is 4.79 Å². The highest BCUT2D eigenvalue weighted by molar-refractivity contribution is 5.98. The SMILES string of the molecule is Cn1cc2c(-c3cc(F)c(CN4Cc5ncccc5C4=O)c(F)c3)ccc(OCC3CCO3)c2n1. The Bertz CT molecular complexity index is 1440. The third-order valence-electron chi connectivity index (χ3n) is 6.52. The third kappa shape index (κ3) is 3.81. The predicted octanol–water partition coefficient (Wildman–Crippen LogP) is 4.24. The van der Waals surface area contributed by atoms with Crippen LogP contribution < -0.4 is 4.74 Å². The molecular weight excluding hydrogens is 454 g/mol. The number of hydrogen-bond donors (Lipinski definition) is 0. The van der Waals surface area contributed by atoms with Gasteiger partial charge in [-0.3, -0.25) is 14.5 Å². The molecule has 0 aliphatic carbocycles. The van der Waals surface area contributed by atoms with Crippen LogP contribution in [-0.2, 0) is 24.9 Å². The molecule has 2 aliphatic heterocycles. The van der Waals surface area contributed by atoms with E-state index < -0.39 is 11.6 Å². The van der Waals surface area contributed by atoms with Crippen molar-refractivity contribution in [1.29, 1.82) is 0 Å². The van der Waals surface area contributed by atoms with Crippen LogP contribution in [-0.4, -0.2) is 44.9 Å². The maximum atomic E-state index is 15.2. The molecule has 4 aromatic rings. The summed E-state index contributed by atoms with van der Waals surface area (Å²) in [5, 5.41) is 5.22. The molecule has 4 heterocycles. The van der Waals surface area contributed by atoms with E-state index in [1.807, 2.05) is 0 Å². The van der Waals surface area contributed by atoms with Gasteiger partial charge in [0.2, 0.25) is 0 Å². The Hall–Kier alpha value is -3.85. The van der Waals surface area contributed by atoms with Gasteiger partial charge in [-0.1, -0.05) is 0 Å². The van der Waals surface area contributed by atoms with Crippen LogP contribution in [0.4, 0.5) is 8.78 Å². The number of aryl methyl sites for hydroxylation is 1. The topological polar surface area (TPSA) is 69.5 Å². The van der Waals surface area contributed by atoms with Gasteiger partial charge in [0.1, 0.15) is 29.5 Å². The lowest BCUT2D eigenvalue weighted by atomic mass is 9.99. The zero-order valence-corrected chi connectivity index (χ0v) is 19.0. The Balaban J connectivity index is 1.30. The van der Waals surface area contributed by atoms with Gasteiger partial charge in [0.15, 0.2) is 0 Å². The number of ether oxygens (including phenoxy) is 2. The standard InChI is InChI=1S/C26H22F2N4O3/c1-31-11-19-17(4-5-24(25(19)30-31)35-14-16-6-8-34-16)15-9-21(27)20(22(28)10-15)12-32-13-23-18(26(32)33)3-2-7-29-23/h2-5,7,9-11,16H,6,8,12-14H2,1H3. The summed E-state index contributed by atoms with van der Waals surface area (Å²) in [6.45, 7) is 1.22. The number of nitrogens with zero attached hydrogens (tertiary/aromatic N) is 4. The van der Waals surface area contributed by atoms with Gasteiger partial charge < -0.3 is 14.4 Å². The average Bonchev–Trinajstić information content (AvgIpc) is 3.35. The highest BCUT2D eigenvalue weighted by atomic mass is 19.1. The molecule has 178 valence electrons. The van der Waals surface area contributed by atoms with Crippen molar-refractivity contribution in [3.8, 4) is 16.9 Å². The van der Waals surface area contributed by atoms with Gasteiger partial charge in [0, 0.05) is 43.4 Å². The molecule has 2 aromatic carbocycles. The number of rotatable bonds is 6. The zero-order valence-electron chi connectivity index (χ0n) is 19.0. The van der Waals surface area contributed by atoms with Gasteiger partial charge in [0.05, 0.1) is 30.5 Å². The third-order valence-corrected chi connectivity index (χ3v) is 6.52. The number of fused-ring (bicyclic) bond motifs is 2. The van der Waals surface area contributed by atoms with Crippen LogP contribution >= 0.6 is 0 Å². The van der Waals surface area contributed by atoms with Crippen molar-refractivity contribution >= 4 is 16.8 Å². The molecule has 1 atom stereocenters. The van der Waals surface area contributed by atoms with E-state index in [1.165, 1.54) is 17.0 Å². The summed E-state index contributed by atoms with van der Waals surface area (Å²) in [6, 6.07) is 9.49. The zero-order chi connectivity index (χ0) is 24.1. The fourth-order valence-corrected chi connectivity index (χ4v) is 4.57. The van der Waals surface area contributed by atoms with Gasteiger partial charge in [0.25, 0.3) is 5.91 Å². The van der Waals surface area contributed by atoms with Crippen molar-refractivity contribution in [2.45, 2.75) is 25.6 Å². The monoisotopic (exact) mass is 476 g/mol. The van der Waals surface area contributed by atoms with Crippen molar-refractivity contribution in [2.75, 3.05) is 13.2 Å². The Kier molecular flexibility index (Phi) is 5.21. The quantitative estimate of drug-likeness (QED) is 0.417.